The number of aryl methyl sites for hydroxylation is 1. The Morgan fingerprint density at radius 1 is 1.20 bits per heavy atom. The topological polar surface area (TPSA) is 43.6 Å². The largest absolute Gasteiger partial charge is 0.493 e. The normalized spacial score (nSPS) is 10.6. The van der Waals surface area contributed by atoms with E-state index in [-0.39, 0.29) is 0 Å². The van der Waals surface area contributed by atoms with Crippen LogP contribution in [-0.2, 0) is 13.2 Å². The number of methoxy groups -OCH3 is 1. The lowest BCUT2D eigenvalue weighted by Gasteiger charge is -2.08. The molecule has 2 rings (SSSR count). The minimum Gasteiger partial charge on any atom is -0.493 e. The van der Waals surface area contributed by atoms with Gasteiger partial charge in [-0.3, -0.25) is 0 Å². The Kier molecular flexibility index (Phi) is 5.07. The molecule has 20 heavy (non-hydrogen) atoms. The van der Waals surface area contributed by atoms with Gasteiger partial charge in [0.15, 0.2) is 11.5 Å². The van der Waals surface area contributed by atoms with Gasteiger partial charge in [0.1, 0.15) is 18.1 Å². The zero-order valence-electron chi connectivity index (χ0n) is 12.2. The second kappa shape index (κ2) is 7.01. The molecule has 1 N–H and O–H groups in total. The molecule has 1 heterocycles. The predicted octanol–water partition coefficient (Wildman–Crippen LogP) is 3.29. The van der Waals surface area contributed by atoms with Gasteiger partial charge < -0.3 is 19.2 Å². The summed E-state index contributed by atoms with van der Waals surface area (Å²) in [4.78, 5) is 0. The van der Waals surface area contributed by atoms with Gasteiger partial charge >= 0.3 is 0 Å². The number of hydrogen-bond donors (Lipinski definition) is 1. The molecule has 4 heteroatoms. The molecular weight excluding hydrogens is 254 g/mol. The zero-order chi connectivity index (χ0) is 14.4. The number of benzene rings is 1. The lowest BCUT2D eigenvalue weighted by Crippen LogP contribution is -2.11. The van der Waals surface area contributed by atoms with Gasteiger partial charge in [0, 0.05) is 12.1 Å². The summed E-state index contributed by atoms with van der Waals surface area (Å²) in [5, 5.41) is 3.29. The maximum Gasteiger partial charge on any atom is 0.161 e. The maximum atomic E-state index is 5.75. The lowest BCUT2D eigenvalue weighted by atomic mass is 10.2. The van der Waals surface area contributed by atoms with Gasteiger partial charge in [-0.25, -0.2) is 0 Å². The molecule has 1 aromatic carbocycles. The van der Waals surface area contributed by atoms with Gasteiger partial charge in [-0.05, 0) is 31.7 Å². The highest BCUT2D eigenvalue weighted by molar-refractivity contribution is 5.39. The molecule has 0 unspecified atom stereocenters. The van der Waals surface area contributed by atoms with E-state index in [1.807, 2.05) is 37.3 Å². The summed E-state index contributed by atoms with van der Waals surface area (Å²) in [5.41, 5.74) is 1.17. The molecular formula is C16H21NO3. The van der Waals surface area contributed by atoms with Crippen LogP contribution in [0.15, 0.2) is 34.7 Å². The van der Waals surface area contributed by atoms with E-state index >= 15 is 0 Å². The summed E-state index contributed by atoms with van der Waals surface area (Å²) in [7, 11) is 1.63. The van der Waals surface area contributed by atoms with Crippen molar-refractivity contribution in [2.24, 2.45) is 0 Å². The third-order valence-electron chi connectivity index (χ3n) is 3.08. The van der Waals surface area contributed by atoms with Crippen molar-refractivity contribution >= 4 is 0 Å². The minimum absolute atomic E-state index is 0.396. The quantitative estimate of drug-likeness (QED) is 0.842. The van der Waals surface area contributed by atoms with E-state index in [4.69, 9.17) is 13.9 Å². The molecule has 2 aromatic rings. The lowest BCUT2D eigenvalue weighted by molar-refractivity contribution is 0.254. The van der Waals surface area contributed by atoms with Crippen LogP contribution in [0.4, 0.5) is 0 Å². The average molecular weight is 275 g/mol. The van der Waals surface area contributed by atoms with E-state index in [9.17, 15) is 0 Å². The molecule has 0 atom stereocenters. The monoisotopic (exact) mass is 275 g/mol. The van der Waals surface area contributed by atoms with E-state index in [2.05, 4.69) is 12.2 Å². The summed E-state index contributed by atoms with van der Waals surface area (Å²) >= 11 is 0. The Bertz CT molecular complexity index is 548. The fourth-order valence-electron chi connectivity index (χ4n) is 1.98. The van der Waals surface area contributed by atoms with Crippen molar-refractivity contribution in [3.8, 4) is 11.5 Å². The number of nitrogens with one attached hydrogen (secondary N) is 1. The van der Waals surface area contributed by atoms with E-state index in [0.29, 0.717) is 6.61 Å². The molecule has 0 amide bonds. The highest BCUT2D eigenvalue weighted by Crippen LogP contribution is 2.27. The van der Waals surface area contributed by atoms with E-state index < -0.39 is 0 Å². The first-order valence-corrected chi connectivity index (χ1v) is 6.79. The first kappa shape index (κ1) is 14.5. The second-order valence-electron chi connectivity index (χ2n) is 4.51. The van der Waals surface area contributed by atoms with Crippen LogP contribution in [0.5, 0.6) is 11.5 Å². The van der Waals surface area contributed by atoms with Gasteiger partial charge in [0.25, 0.3) is 0 Å². The number of hydrogen-bond acceptors (Lipinski definition) is 4. The fourth-order valence-corrected chi connectivity index (χ4v) is 1.98. The van der Waals surface area contributed by atoms with Crippen molar-refractivity contribution in [3.05, 3.63) is 47.4 Å². The Morgan fingerprint density at radius 3 is 2.65 bits per heavy atom. The third kappa shape index (κ3) is 3.54. The standard InChI is InChI=1S/C16H21NO3/c1-4-17-10-13-9-14(20-12(13)2)11-19-16-8-6-5-7-15(16)18-3/h5-9,17H,4,10-11H2,1-3H3. The smallest absolute Gasteiger partial charge is 0.161 e. The Labute approximate surface area is 119 Å². The summed E-state index contributed by atoms with van der Waals surface area (Å²) in [6.45, 7) is 6.21. The molecule has 0 spiro atoms. The van der Waals surface area contributed by atoms with E-state index in [0.717, 1.165) is 36.1 Å². The molecule has 0 aliphatic rings. The second-order valence-corrected chi connectivity index (χ2v) is 4.51. The molecule has 1 aromatic heterocycles. The summed E-state index contributed by atoms with van der Waals surface area (Å²) in [6, 6.07) is 9.63. The highest BCUT2D eigenvalue weighted by Gasteiger charge is 2.09. The van der Waals surface area contributed by atoms with Crippen LogP contribution < -0.4 is 14.8 Å². The number of para-hydroxylation sites is 2. The predicted molar refractivity (Wildman–Crippen MR) is 78.2 cm³/mol. The van der Waals surface area contributed by atoms with E-state index in [1.165, 1.54) is 5.56 Å². The van der Waals surface area contributed by atoms with Crippen molar-refractivity contribution in [1.29, 1.82) is 0 Å². The summed E-state index contributed by atoms with van der Waals surface area (Å²) in [6.07, 6.45) is 0. The molecule has 0 bridgehead atoms. The van der Waals surface area contributed by atoms with Crippen molar-refractivity contribution in [2.45, 2.75) is 27.0 Å². The zero-order valence-corrected chi connectivity index (χ0v) is 12.2. The van der Waals surface area contributed by atoms with Gasteiger partial charge in [0.2, 0.25) is 0 Å². The van der Waals surface area contributed by atoms with Gasteiger partial charge in [-0.15, -0.1) is 0 Å². The molecule has 0 saturated carbocycles. The summed E-state index contributed by atoms with van der Waals surface area (Å²) < 4.78 is 16.7. The first-order valence-electron chi connectivity index (χ1n) is 6.79. The van der Waals surface area contributed by atoms with Crippen LogP contribution in [0.2, 0.25) is 0 Å². The first-order chi connectivity index (χ1) is 9.74. The molecule has 0 radical (unpaired) electrons. The van der Waals surface area contributed by atoms with Crippen LogP contribution in [0.3, 0.4) is 0 Å². The Hall–Kier alpha value is -1.94. The molecule has 4 nitrogen and oxygen atoms in total. The fraction of sp³-hybridized carbons (Fsp3) is 0.375. The highest BCUT2D eigenvalue weighted by atomic mass is 16.5. The molecule has 0 saturated heterocycles. The molecule has 0 aliphatic heterocycles. The van der Waals surface area contributed by atoms with Gasteiger partial charge in [-0.1, -0.05) is 19.1 Å². The number of furan rings is 1. The molecule has 0 aliphatic carbocycles. The molecule has 0 fully saturated rings. The van der Waals surface area contributed by atoms with Gasteiger partial charge in [0.05, 0.1) is 7.11 Å². The van der Waals surface area contributed by atoms with Gasteiger partial charge in [-0.2, -0.15) is 0 Å². The van der Waals surface area contributed by atoms with Crippen LogP contribution in [0.25, 0.3) is 0 Å². The van der Waals surface area contributed by atoms with Crippen LogP contribution in [-0.4, -0.2) is 13.7 Å². The minimum atomic E-state index is 0.396. The number of ether oxygens (including phenoxy) is 2. The van der Waals surface area contributed by atoms with Crippen LogP contribution in [0, 0.1) is 6.92 Å². The average Bonchev–Trinajstić information content (AvgIpc) is 2.83. The van der Waals surface area contributed by atoms with E-state index in [1.54, 1.807) is 7.11 Å². The summed E-state index contributed by atoms with van der Waals surface area (Å²) in [5.74, 6) is 3.20. The van der Waals surface area contributed by atoms with Crippen LogP contribution >= 0.6 is 0 Å². The van der Waals surface area contributed by atoms with Crippen molar-refractivity contribution in [3.63, 3.8) is 0 Å². The Balaban J connectivity index is 2.00. The van der Waals surface area contributed by atoms with Crippen molar-refractivity contribution in [1.82, 2.24) is 5.32 Å². The van der Waals surface area contributed by atoms with Crippen LogP contribution in [0.1, 0.15) is 24.0 Å². The molecule has 108 valence electrons. The SMILES string of the molecule is CCNCc1cc(COc2ccccc2OC)oc1C. The third-order valence-corrected chi connectivity index (χ3v) is 3.08. The van der Waals surface area contributed by atoms with Crippen molar-refractivity contribution in [2.75, 3.05) is 13.7 Å². The Morgan fingerprint density at radius 2 is 1.95 bits per heavy atom. The van der Waals surface area contributed by atoms with Crippen molar-refractivity contribution < 1.29 is 13.9 Å². The maximum absolute atomic E-state index is 5.75. The number of rotatable bonds is 7.